The third-order valence-electron chi connectivity index (χ3n) is 4.30. The maximum atomic E-state index is 12.6. The molecule has 0 radical (unpaired) electrons. The van der Waals surface area contributed by atoms with E-state index in [2.05, 4.69) is 43.5 Å². The summed E-state index contributed by atoms with van der Waals surface area (Å²) in [5, 5.41) is 7.36. The van der Waals surface area contributed by atoms with Crippen molar-refractivity contribution in [3.63, 3.8) is 0 Å². The number of hydrogen-bond donors (Lipinski definition) is 1. The van der Waals surface area contributed by atoms with Crippen molar-refractivity contribution in [2.24, 2.45) is 0 Å². The first kappa shape index (κ1) is 17.3. The summed E-state index contributed by atoms with van der Waals surface area (Å²) in [5.41, 5.74) is 2.24. The third-order valence-corrected chi connectivity index (χ3v) is 4.79. The minimum absolute atomic E-state index is 0.0845. The fraction of sp³-hybridized carbons (Fsp3) is 0.500. The molecule has 1 atom stereocenters. The van der Waals surface area contributed by atoms with Crippen LogP contribution in [0.15, 0.2) is 27.2 Å². The Hall–Kier alpha value is -1.53. The van der Waals surface area contributed by atoms with Gasteiger partial charge in [0.05, 0.1) is 0 Å². The van der Waals surface area contributed by atoms with Crippen molar-refractivity contribution >= 4 is 21.7 Å². The molecule has 128 valence electrons. The summed E-state index contributed by atoms with van der Waals surface area (Å²) >= 11 is 3.52. The molecule has 0 unspecified atom stereocenters. The standard InChI is InChI=1S/C18H22BrN3O2/c1-18(2,3)17-21-16(24-22-17)15(23)9-11-6-7-20-10-12-8-13(19)4-5-14(11)12/h4-5,8,11,20H,6-7,9-10H2,1-3H3/t11-/m0/s1. The van der Waals surface area contributed by atoms with Gasteiger partial charge in [0.25, 0.3) is 5.89 Å². The number of carbonyl (C=O) groups is 1. The highest BCUT2D eigenvalue weighted by molar-refractivity contribution is 9.10. The Morgan fingerprint density at radius 2 is 2.21 bits per heavy atom. The van der Waals surface area contributed by atoms with Gasteiger partial charge in [0.15, 0.2) is 5.82 Å². The lowest BCUT2D eigenvalue weighted by atomic mass is 9.88. The SMILES string of the molecule is CC(C)(C)c1noc(C(=O)C[C@@H]2CCNCc3cc(Br)ccc32)n1. The summed E-state index contributed by atoms with van der Waals surface area (Å²) in [5.74, 6) is 0.771. The van der Waals surface area contributed by atoms with Crippen LogP contribution in [0.25, 0.3) is 0 Å². The lowest BCUT2D eigenvalue weighted by Gasteiger charge is -2.16. The van der Waals surface area contributed by atoms with Crippen molar-refractivity contribution in [3.05, 3.63) is 45.5 Å². The van der Waals surface area contributed by atoms with Crippen molar-refractivity contribution in [2.75, 3.05) is 6.54 Å². The van der Waals surface area contributed by atoms with Gasteiger partial charge in [-0.1, -0.05) is 47.9 Å². The topological polar surface area (TPSA) is 68.0 Å². The number of ketones is 1. The Morgan fingerprint density at radius 1 is 1.42 bits per heavy atom. The molecule has 1 aliphatic rings. The second-order valence-corrected chi connectivity index (χ2v) is 8.22. The second kappa shape index (κ2) is 6.76. The molecule has 6 heteroatoms. The van der Waals surface area contributed by atoms with Crippen LogP contribution in [-0.4, -0.2) is 22.5 Å². The Balaban J connectivity index is 1.81. The average molecular weight is 392 g/mol. The number of carbonyl (C=O) groups excluding carboxylic acids is 1. The summed E-state index contributed by atoms with van der Waals surface area (Å²) < 4.78 is 6.26. The molecule has 0 saturated heterocycles. The third kappa shape index (κ3) is 3.75. The summed E-state index contributed by atoms with van der Waals surface area (Å²) in [6, 6.07) is 6.26. The molecule has 3 rings (SSSR count). The Labute approximate surface area is 150 Å². The van der Waals surface area contributed by atoms with E-state index in [9.17, 15) is 4.79 Å². The molecule has 0 bridgehead atoms. The number of benzene rings is 1. The van der Waals surface area contributed by atoms with Gasteiger partial charge < -0.3 is 9.84 Å². The molecule has 0 aliphatic carbocycles. The highest BCUT2D eigenvalue weighted by Gasteiger charge is 2.27. The first-order valence-corrected chi connectivity index (χ1v) is 9.00. The van der Waals surface area contributed by atoms with Crippen LogP contribution in [0, 0.1) is 0 Å². The molecule has 2 heterocycles. The molecule has 1 aromatic carbocycles. The summed E-state index contributed by atoms with van der Waals surface area (Å²) in [7, 11) is 0. The van der Waals surface area contributed by atoms with Gasteiger partial charge >= 0.3 is 0 Å². The predicted octanol–water partition coefficient (Wildman–Crippen LogP) is 3.98. The summed E-state index contributed by atoms with van der Waals surface area (Å²) in [4.78, 5) is 16.9. The Bertz CT molecular complexity index is 749. The van der Waals surface area contributed by atoms with Gasteiger partial charge in [-0.15, -0.1) is 0 Å². The fourth-order valence-corrected chi connectivity index (χ4v) is 3.35. The van der Waals surface area contributed by atoms with Crippen LogP contribution in [0.5, 0.6) is 0 Å². The van der Waals surface area contributed by atoms with Gasteiger partial charge in [-0.2, -0.15) is 4.98 Å². The van der Waals surface area contributed by atoms with Crippen LogP contribution in [0.1, 0.15) is 67.2 Å². The summed E-state index contributed by atoms with van der Waals surface area (Å²) in [6.07, 6.45) is 1.31. The lowest BCUT2D eigenvalue weighted by molar-refractivity contribution is 0.0929. The van der Waals surface area contributed by atoms with Crippen molar-refractivity contribution in [2.45, 2.75) is 51.5 Å². The number of nitrogens with one attached hydrogen (secondary N) is 1. The maximum Gasteiger partial charge on any atom is 0.294 e. The average Bonchev–Trinajstić information content (AvgIpc) is 2.93. The normalized spacial score (nSPS) is 18.1. The number of Topliss-reactive ketones (excluding diaryl/α,β-unsaturated/α-hetero) is 1. The van der Waals surface area contributed by atoms with Crippen LogP contribution < -0.4 is 5.32 Å². The van der Waals surface area contributed by atoms with E-state index in [1.807, 2.05) is 26.8 Å². The van der Waals surface area contributed by atoms with E-state index in [-0.39, 0.29) is 23.0 Å². The molecule has 0 saturated carbocycles. The van der Waals surface area contributed by atoms with Crippen molar-refractivity contribution < 1.29 is 9.32 Å². The molecule has 0 amide bonds. The largest absolute Gasteiger partial charge is 0.331 e. The first-order chi connectivity index (χ1) is 11.3. The maximum absolute atomic E-state index is 12.6. The van der Waals surface area contributed by atoms with Crippen LogP contribution in [-0.2, 0) is 12.0 Å². The number of halogens is 1. The fourth-order valence-electron chi connectivity index (χ4n) is 2.95. The van der Waals surface area contributed by atoms with Crippen LogP contribution in [0.3, 0.4) is 0 Å². The smallest absolute Gasteiger partial charge is 0.294 e. The highest BCUT2D eigenvalue weighted by Crippen LogP contribution is 2.31. The van der Waals surface area contributed by atoms with Gasteiger partial charge in [0.2, 0.25) is 5.78 Å². The van der Waals surface area contributed by atoms with Gasteiger partial charge in [0, 0.05) is 22.9 Å². The molecule has 1 N–H and O–H groups in total. The molecule has 0 fully saturated rings. The minimum Gasteiger partial charge on any atom is -0.331 e. The highest BCUT2D eigenvalue weighted by atomic mass is 79.9. The number of nitrogens with zero attached hydrogens (tertiary/aromatic N) is 2. The van der Waals surface area contributed by atoms with Gasteiger partial charge in [-0.25, -0.2) is 0 Å². The van der Waals surface area contributed by atoms with Crippen LogP contribution in [0.2, 0.25) is 0 Å². The molecule has 24 heavy (non-hydrogen) atoms. The van der Waals surface area contributed by atoms with Crippen LogP contribution in [0.4, 0.5) is 0 Å². The van der Waals surface area contributed by atoms with E-state index < -0.39 is 0 Å². The molecule has 1 aromatic heterocycles. The number of aromatic nitrogens is 2. The van der Waals surface area contributed by atoms with Crippen molar-refractivity contribution in [1.82, 2.24) is 15.5 Å². The van der Waals surface area contributed by atoms with Gasteiger partial charge in [-0.3, -0.25) is 4.79 Å². The van der Waals surface area contributed by atoms with Gasteiger partial charge in [0.1, 0.15) is 0 Å². The molecule has 1 aliphatic heterocycles. The van der Waals surface area contributed by atoms with E-state index in [4.69, 9.17) is 4.52 Å². The zero-order valence-electron chi connectivity index (χ0n) is 14.2. The number of hydrogen-bond acceptors (Lipinski definition) is 5. The molecular formula is C18H22BrN3O2. The van der Waals surface area contributed by atoms with E-state index >= 15 is 0 Å². The predicted molar refractivity (Wildman–Crippen MR) is 95.2 cm³/mol. The monoisotopic (exact) mass is 391 g/mol. The van der Waals surface area contributed by atoms with Crippen molar-refractivity contribution in [3.8, 4) is 0 Å². The quantitative estimate of drug-likeness (QED) is 0.801. The molecule has 0 spiro atoms. The first-order valence-electron chi connectivity index (χ1n) is 8.21. The van der Waals surface area contributed by atoms with Crippen molar-refractivity contribution in [1.29, 1.82) is 0 Å². The lowest BCUT2D eigenvalue weighted by Crippen LogP contribution is -2.15. The van der Waals surface area contributed by atoms with E-state index in [1.165, 1.54) is 11.1 Å². The summed E-state index contributed by atoms with van der Waals surface area (Å²) in [6.45, 7) is 7.71. The molecule has 5 nitrogen and oxygen atoms in total. The Morgan fingerprint density at radius 3 is 2.92 bits per heavy atom. The van der Waals surface area contributed by atoms with E-state index in [0.29, 0.717) is 12.2 Å². The second-order valence-electron chi connectivity index (χ2n) is 7.31. The van der Waals surface area contributed by atoms with Gasteiger partial charge in [-0.05, 0) is 42.1 Å². The molecule has 2 aromatic rings. The Kier molecular flexibility index (Phi) is 4.88. The minimum atomic E-state index is -0.229. The molecular weight excluding hydrogens is 370 g/mol. The zero-order chi connectivity index (χ0) is 17.3. The number of fused-ring (bicyclic) bond motifs is 1. The number of rotatable bonds is 3. The zero-order valence-corrected chi connectivity index (χ0v) is 15.8. The van der Waals surface area contributed by atoms with E-state index in [1.54, 1.807) is 0 Å². The van der Waals surface area contributed by atoms with Crippen LogP contribution >= 0.6 is 15.9 Å². The van der Waals surface area contributed by atoms with E-state index in [0.717, 1.165) is 24.0 Å².